The number of anilines is 1. The Kier molecular flexibility index (Phi) is 4.01. The van der Waals surface area contributed by atoms with E-state index in [0.717, 1.165) is 0 Å². The molecule has 25 heavy (non-hydrogen) atoms. The second-order valence-electron chi connectivity index (χ2n) is 5.84. The number of halogens is 2. The lowest BCUT2D eigenvalue weighted by Gasteiger charge is -2.34. The fourth-order valence-electron chi connectivity index (χ4n) is 3.00. The number of piperazine rings is 1. The zero-order chi connectivity index (χ0) is 17.4. The molecular formula is C17H15ClFN5O. The van der Waals surface area contributed by atoms with Crippen molar-refractivity contribution in [3.05, 3.63) is 59.0 Å². The third kappa shape index (κ3) is 2.91. The Morgan fingerprint density at radius 1 is 1.08 bits per heavy atom. The molecule has 8 heteroatoms. The van der Waals surface area contributed by atoms with Crippen molar-refractivity contribution >= 4 is 29.1 Å². The van der Waals surface area contributed by atoms with E-state index in [2.05, 4.69) is 15.1 Å². The van der Waals surface area contributed by atoms with Gasteiger partial charge in [0.15, 0.2) is 5.65 Å². The first-order valence-corrected chi connectivity index (χ1v) is 8.30. The first-order chi connectivity index (χ1) is 12.1. The molecule has 3 aromatic rings. The summed E-state index contributed by atoms with van der Waals surface area (Å²) in [6.07, 6.45) is 1.86. The third-order valence-corrected chi connectivity index (χ3v) is 4.59. The van der Waals surface area contributed by atoms with E-state index in [1.165, 1.54) is 12.1 Å². The number of pyridine rings is 1. The van der Waals surface area contributed by atoms with Gasteiger partial charge >= 0.3 is 0 Å². The van der Waals surface area contributed by atoms with Gasteiger partial charge in [-0.2, -0.15) is 0 Å². The minimum Gasteiger partial charge on any atom is -0.337 e. The van der Waals surface area contributed by atoms with E-state index in [1.54, 1.807) is 23.1 Å². The van der Waals surface area contributed by atoms with Gasteiger partial charge < -0.3 is 9.80 Å². The maximum Gasteiger partial charge on any atom is 0.254 e. The molecule has 1 aliphatic heterocycles. The first kappa shape index (κ1) is 15.8. The number of benzene rings is 1. The lowest BCUT2D eigenvalue weighted by atomic mass is 10.2. The summed E-state index contributed by atoms with van der Waals surface area (Å²) in [5.41, 5.74) is 0.977. The summed E-state index contributed by atoms with van der Waals surface area (Å²) in [6.45, 7) is 2.30. The lowest BCUT2D eigenvalue weighted by molar-refractivity contribution is 0.0745. The quantitative estimate of drug-likeness (QED) is 0.705. The summed E-state index contributed by atoms with van der Waals surface area (Å²) in [5.74, 6) is 0.139. The molecule has 1 amide bonds. The van der Waals surface area contributed by atoms with Crippen LogP contribution < -0.4 is 4.90 Å². The SMILES string of the molecule is O=C(c1cccc(F)c1)N1CCN(c2nnc3c(Cl)cccn23)CC1. The standard InChI is InChI=1S/C17H15ClFN5O/c18-14-5-2-6-24-15(14)20-21-17(24)23-9-7-22(8-10-23)16(25)12-3-1-4-13(19)11-12/h1-6,11H,7-10H2. The molecule has 0 spiro atoms. The van der Waals surface area contributed by atoms with Gasteiger partial charge in [-0.25, -0.2) is 4.39 Å². The second-order valence-corrected chi connectivity index (χ2v) is 6.25. The van der Waals surface area contributed by atoms with E-state index in [4.69, 9.17) is 11.6 Å². The van der Waals surface area contributed by atoms with E-state index < -0.39 is 5.82 Å². The van der Waals surface area contributed by atoms with Crippen molar-refractivity contribution in [3.63, 3.8) is 0 Å². The van der Waals surface area contributed by atoms with Crippen molar-refractivity contribution in [2.45, 2.75) is 0 Å². The number of nitrogens with zero attached hydrogens (tertiary/aromatic N) is 5. The van der Waals surface area contributed by atoms with Gasteiger partial charge in [0.1, 0.15) is 5.82 Å². The molecule has 4 rings (SSSR count). The summed E-state index contributed by atoms with van der Waals surface area (Å²) < 4.78 is 15.2. The highest BCUT2D eigenvalue weighted by Gasteiger charge is 2.25. The number of rotatable bonds is 2. The Hall–Kier alpha value is -2.67. The smallest absolute Gasteiger partial charge is 0.254 e. The fourth-order valence-corrected chi connectivity index (χ4v) is 3.20. The van der Waals surface area contributed by atoms with Crippen LogP contribution in [0.5, 0.6) is 0 Å². The summed E-state index contributed by atoms with van der Waals surface area (Å²) in [4.78, 5) is 16.3. The highest BCUT2D eigenvalue weighted by Crippen LogP contribution is 2.21. The summed E-state index contributed by atoms with van der Waals surface area (Å²) in [6, 6.07) is 9.38. The van der Waals surface area contributed by atoms with Crippen molar-refractivity contribution in [3.8, 4) is 0 Å². The van der Waals surface area contributed by atoms with Gasteiger partial charge in [0.2, 0.25) is 5.95 Å². The van der Waals surface area contributed by atoms with Crippen molar-refractivity contribution in [1.29, 1.82) is 0 Å². The van der Waals surface area contributed by atoms with Crippen molar-refractivity contribution in [1.82, 2.24) is 19.5 Å². The van der Waals surface area contributed by atoms with E-state index in [1.807, 2.05) is 16.7 Å². The van der Waals surface area contributed by atoms with Crippen LogP contribution in [-0.4, -0.2) is 51.6 Å². The molecule has 0 atom stereocenters. The predicted octanol–water partition coefficient (Wildman–Crippen LogP) is 2.48. The maximum absolute atomic E-state index is 13.3. The van der Waals surface area contributed by atoms with Gasteiger partial charge in [-0.05, 0) is 30.3 Å². The number of aromatic nitrogens is 3. The molecular weight excluding hydrogens is 345 g/mol. The monoisotopic (exact) mass is 359 g/mol. The molecule has 6 nitrogen and oxygen atoms in total. The zero-order valence-electron chi connectivity index (χ0n) is 13.3. The molecule has 1 saturated heterocycles. The molecule has 0 bridgehead atoms. The second kappa shape index (κ2) is 6.33. The largest absolute Gasteiger partial charge is 0.337 e. The van der Waals surface area contributed by atoms with Gasteiger partial charge in [-0.1, -0.05) is 17.7 Å². The zero-order valence-corrected chi connectivity index (χ0v) is 14.0. The molecule has 0 aliphatic carbocycles. The topological polar surface area (TPSA) is 53.7 Å². The highest BCUT2D eigenvalue weighted by atomic mass is 35.5. The molecule has 0 radical (unpaired) electrons. The van der Waals surface area contributed by atoms with Crippen LogP contribution in [0.25, 0.3) is 5.65 Å². The number of hydrogen-bond acceptors (Lipinski definition) is 4. The number of fused-ring (bicyclic) bond motifs is 1. The molecule has 1 aliphatic rings. The number of hydrogen-bond donors (Lipinski definition) is 0. The molecule has 3 heterocycles. The molecule has 0 unspecified atom stereocenters. The van der Waals surface area contributed by atoms with Crippen molar-refractivity contribution < 1.29 is 9.18 Å². The normalized spacial score (nSPS) is 15.0. The molecule has 0 saturated carbocycles. The van der Waals surface area contributed by atoms with E-state index in [0.29, 0.717) is 48.4 Å². The van der Waals surface area contributed by atoms with Crippen LogP contribution in [-0.2, 0) is 0 Å². The Balaban J connectivity index is 1.49. The Morgan fingerprint density at radius 2 is 1.88 bits per heavy atom. The fraction of sp³-hybridized carbons (Fsp3) is 0.235. The first-order valence-electron chi connectivity index (χ1n) is 7.92. The van der Waals surface area contributed by atoms with Gasteiger partial charge in [-0.3, -0.25) is 9.20 Å². The van der Waals surface area contributed by atoms with Crippen molar-refractivity contribution in [2.24, 2.45) is 0 Å². The predicted molar refractivity (Wildman–Crippen MR) is 92.5 cm³/mol. The number of amides is 1. The van der Waals surface area contributed by atoms with Gasteiger partial charge in [0, 0.05) is 37.9 Å². The molecule has 0 N–H and O–H groups in total. The van der Waals surface area contributed by atoms with Crippen LogP contribution in [0.2, 0.25) is 5.02 Å². The average Bonchev–Trinajstić information content (AvgIpc) is 3.07. The van der Waals surface area contributed by atoms with E-state index in [-0.39, 0.29) is 5.91 Å². The lowest BCUT2D eigenvalue weighted by Crippen LogP contribution is -2.49. The molecule has 1 aromatic carbocycles. The van der Waals surface area contributed by atoms with E-state index >= 15 is 0 Å². The van der Waals surface area contributed by atoms with Crippen LogP contribution in [0.1, 0.15) is 10.4 Å². The van der Waals surface area contributed by atoms with Crippen LogP contribution in [0.3, 0.4) is 0 Å². The summed E-state index contributed by atoms with van der Waals surface area (Å²) in [5, 5.41) is 8.89. The Morgan fingerprint density at radius 3 is 2.64 bits per heavy atom. The minimum absolute atomic E-state index is 0.159. The van der Waals surface area contributed by atoms with E-state index in [9.17, 15) is 9.18 Å². The van der Waals surface area contributed by atoms with Crippen LogP contribution >= 0.6 is 11.6 Å². The summed E-state index contributed by atoms with van der Waals surface area (Å²) >= 11 is 6.13. The molecule has 1 fully saturated rings. The van der Waals surface area contributed by atoms with Gasteiger partial charge in [0.05, 0.1) is 5.02 Å². The van der Waals surface area contributed by atoms with Crippen molar-refractivity contribution in [2.75, 3.05) is 31.1 Å². The van der Waals surface area contributed by atoms with Crippen LogP contribution in [0.4, 0.5) is 10.3 Å². The number of carbonyl (C=O) groups excluding carboxylic acids is 1. The van der Waals surface area contributed by atoms with Crippen LogP contribution in [0, 0.1) is 5.82 Å². The molecule has 128 valence electrons. The Labute approximate surface area is 148 Å². The van der Waals surface area contributed by atoms with Crippen LogP contribution in [0.15, 0.2) is 42.6 Å². The molecule has 2 aromatic heterocycles. The number of carbonyl (C=O) groups is 1. The average molecular weight is 360 g/mol. The third-order valence-electron chi connectivity index (χ3n) is 4.29. The maximum atomic E-state index is 13.3. The highest BCUT2D eigenvalue weighted by molar-refractivity contribution is 6.33. The van der Waals surface area contributed by atoms with Gasteiger partial charge in [0.25, 0.3) is 5.91 Å². The minimum atomic E-state index is -0.406. The Bertz CT molecular complexity index is 936. The van der Waals surface area contributed by atoms with Gasteiger partial charge in [-0.15, -0.1) is 10.2 Å². The summed E-state index contributed by atoms with van der Waals surface area (Å²) in [7, 11) is 0.